The topological polar surface area (TPSA) is 90.1 Å². The van der Waals surface area contributed by atoms with E-state index in [9.17, 15) is 14.9 Å². The molecule has 0 bridgehead atoms. The second-order valence-corrected chi connectivity index (χ2v) is 6.68. The van der Waals surface area contributed by atoms with Crippen molar-refractivity contribution in [3.05, 3.63) is 106 Å². The molecule has 0 unspecified atom stereocenters. The van der Waals surface area contributed by atoms with E-state index in [-0.39, 0.29) is 11.6 Å². The Bertz CT molecular complexity index is 1240. The van der Waals surface area contributed by atoms with Crippen molar-refractivity contribution in [2.75, 3.05) is 5.32 Å². The molecule has 0 spiro atoms. The van der Waals surface area contributed by atoms with Gasteiger partial charge in [0.25, 0.3) is 5.69 Å². The minimum atomic E-state index is -0.461. The molecule has 0 aliphatic heterocycles. The molecule has 1 amide bonds. The fourth-order valence-electron chi connectivity index (χ4n) is 3.20. The Morgan fingerprint density at radius 2 is 1.80 bits per heavy atom. The lowest BCUT2D eigenvalue weighted by Gasteiger charge is -2.10. The van der Waals surface area contributed by atoms with Crippen LogP contribution in [0, 0.1) is 10.1 Å². The van der Waals surface area contributed by atoms with Crippen molar-refractivity contribution < 1.29 is 9.72 Å². The average molecular weight is 398 g/mol. The number of fused-ring (bicyclic) bond motifs is 1. The first-order valence-corrected chi connectivity index (χ1v) is 9.32. The van der Waals surface area contributed by atoms with Gasteiger partial charge in [-0.2, -0.15) is 5.10 Å². The monoisotopic (exact) mass is 398 g/mol. The first-order chi connectivity index (χ1) is 14.6. The summed E-state index contributed by atoms with van der Waals surface area (Å²) in [4.78, 5) is 22.6. The molecule has 0 saturated carbocycles. The highest BCUT2D eigenvalue weighted by Gasteiger charge is 2.08. The summed E-state index contributed by atoms with van der Waals surface area (Å²) in [7, 11) is 0. The van der Waals surface area contributed by atoms with Gasteiger partial charge in [0, 0.05) is 24.3 Å². The molecule has 4 aromatic rings. The van der Waals surface area contributed by atoms with Gasteiger partial charge in [-0.3, -0.25) is 14.9 Å². The molecular formula is C23H18N4O3. The number of nitrogens with one attached hydrogen (secondary N) is 1. The average Bonchev–Trinajstić information content (AvgIpc) is 3.19. The number of aromatic nitrogens is 2. The number of nitro benzene ring substituents is 1. The number of rotatable bonds is 6. The number of amides is 1. The number of benzene rings is 3. The van der Waals surface area contributed by atoms with Crippen molar-refractivity contribution in [1.82, 2.24) is 9.78 Å². The van der Waals surface area contributed by atoms with Crippen LogP contribution in [0.25, 0.3) is 16.8 Å². The summed E-state index contributed by atoms with van der Waals surface area (Å²) in [6.45, 7) is 0.524. The third kappa shape index (κ3) is 4.25. The number of carbonyl (C=O) groups is 1. The van der Waals surface area contributed by atoms with Crippen LogP contribution in [0.3, 0.4) is 0 Å². The predicted molar refractivity (Wildman–Crippen MR) is 116 cm³/mol. The molecular weight excluding hydrogens is 380 g/mol. The van der Waals surface area contributed by atoms with Crippen molar-refractivity contribution >= 4 is 34.3 Å². The molecule has 0 saturated heterocycles. The van der Waals surface area contributed by atoms with Crippen molar-refractivity contribution in [2.24, 2.45) is 0 Å². The Hall–Kier alpha value is -4.26. The molecule has 7 heteroatoms. The van der Waals surface area contributed by atoms with Gasteiger partial charge in [-0.25, -0.2) is 4.68 Å². The van der Waals surface area contributed by atoms with Gasteiger partial charge in [-0.05, 0) is 40.1 Å². The Balaban J connectivity index is 1.46. The smallest absolute Gasteiger partial charge is 0.269 e. The molecule has 1 heterocycles. The van der Waals surface area contributed by atoms with Gasteiger partial charge in [0.15, 0.2) is 0 Å². The van der Waals surface area contributed by atoms with Crippen LogP contribution in [0.4, 0.5) is 11.5 Å². The maximum Gasteiger partial charge on any atom is 0.269 e. The van der Waals surface area contributed by atoms with Crippen LogP contribution in [0.2, 0.25) is 0 Å². The summed E-state index contributed by atoms with van der Waals surface area (Å²) in [5, 5.41) is 20.2. The van der Waals surface area contributed by atoms with Crippen LogP contribution < -0.4 is 5.32 Å². The fourth-order valence-corrected chi connectivity index (χ4v) is 3.20. The normalized spacial score (nSPS) is 11.1. The van der Waals surface area contributed by atoms with Gasteiger partial charge in [-0.15, -0.1) is 0 Å². The molecule has 3 aromatic carbocycles. The molecule has 1 N–H and O–H groups in total. The van der Waals surface area contributed by atoms with E-state index in [1.807, 2.05) is 24.3 Å². The third-order valence-corrected chi connectivity index (χ3v) is 4.70. The molecule has 148 valence electrons. The first kappa shape index (κ1) is 19.1. The fraction of sp³-hybridized carbons (Fsp3) is 0.0435. The molecule has 4 rings (SSSR count). The Labute approximate surface area is 172 Å². The van der Waals surface area contributed by atoms with E-state index in [0.717, 1.165) is 16.3 Å². The predicted octanol–water partition coefficient (Wildman–Crippen LogP) is 4.64. The molecule has 0 aliphatic rings. The zero-order chi connectivity index (χ0) is 20.9. The minimum absolute atomic E-state index is 0.00828. The molecule has 0 fully saturated rings. The zero-order valence-electron chi connectivity index (χ0n) is 15.9. The van der Waals surface area contributed by atoms with Gasteiger partial charge >= 0.3 is 0 Å². The van der Waals surface area contributed by atoms with Crippen LogP contribution in [0.1, 0.15) is 11.1 Å². The molecule has 0 atom stereocenters. The summed E-state index contributed by atoms with van der Waals surface area (Å²) < 4.78 is 1.74. The second-order valence-electron chi connectivity index (χ2n) is 6.68. The number of hydrogen-bond donors (Lipinski definition) is 1. The van der Waals surface area contributed by atoms with Gasteiger partial charge in [0.2, 0.25) is 5.91 Å². The van der Waals surface area contributed by atoms with Gasteiger partial charge in [0.1, 0.15) is 5.82 Å². The Kier molecular flexibility index (Phi) is 5.34. The van der Waals surface area contributed by atoms with E-state index in [2.05, 4.69) is 28.6 Å². The van der Waals surface area contributed by atoms with E-state index in [1.165, 1.54) is 18.2 Å². The maximum absolute atomic E-state index is 12.3. The van der Waals surface area contributed by atoms with Crippen molar-refractivity contribution in [1.29, 1.82) is 0 Å². The van der Waals surface area contributed by atoms with Crippen molar-refractivity contribution in [2.45, 2.75) is 6.54 Å². The maximum atomic E-state index is 12.3. The summed E-state index contributed by atoms with van der Waals surface area (Å²) in [6.07, 6.45) is 4.63. The largest absolute Gasteiger partial charge is 0.307 e. The lowest BCUT2D eigenvalue weighted by molar-refractivity contribution is -0.384. The number of nitrogens with zero attached hydrogens (tertiary/aromatic N) is 3. The standard InChI is InChI=1S/C23H18N4O3/c28-23(13-10-17-8-11-20(12-9-17)27(29)30)25-22-14-15-24-26(22)16-19-6-3-5-18-4-1-2-7-21(18)19/h1-15H,16H2,(H,25,28). The number of carbonyl (C=O) groups excluding carboxylic acids is 1. The summed E-state index contributed by atoms with van der Waals surface area (Å²) in [5.41, 5.74) is 1.81. The van der Waals surface area contributed by atoms with Crippen molar-refractivity contribution in [3.63, 3.8) is 0 Å². The lowest BCUT2D eigenvalue weighted by Crippen LogP contribution is -2.13. The van der Waals surface area contributed by atoms with Crippen LogP contribution in [0.5, 0.6) is 0 Å². The quantitative estimate of drug-likeness (QED) is 0.291. The summed E-state index contributed by atoms with van der Waals surface area (Å²) >= 11 is 0. The Morgan fingerprint density at radius 3 is 2.60 bits per heavy atom. The highest BCUT2D eigenvalue weighted by atomic mass is 16.6. The van der Waals surface area contributed by atoms with E-state index < -0.39 is 4.92 Å². The molecule has 0 radical (unpaired) electrons. The van der Waals surface area contributed by atoms with E-state index >= 15 is 0 Å². The van der Waals surface area contributed by atoms with Gasteiger partial charge in [-0.1, -0.05) is 42.5 Å². The van der Waals surface area contributed by atoms with Crippen LogP contribution in [-0.2, 0) is 11.3 Å². The second kappa shape index (κ2) is 8.40. The first-order valence-electron chi connectivity index (χ1n) is 9.32. The zero-order valence-corrected chi connectivity index (χ0v) is 15.9. The van der Waals surface area contributed by atoms with Gasteiger partial charge in [0.05, 0.1) is 17.7 Å². The molecule has 7 nitrogen and oxygen atoms in total. The van der Waals surface area contributed by atoms with Gasteiger partial charge < -0.3 is 5.32 Å². The van der Waals surface area contributed by atoms with E-state index in [4.69, 9.17) is 0 Å². The minimum Gasteiger partial charge on any atom is -0.307 e. The Morgan fingerprint density at radius 1 is 1.03 bits per heavy atom. The molecule has 30 heavy (non-hydrogen) atoms. The number of hydrogen-bond acceptors (Lipinski definition) is 4. The lowest BCUT2D eigenvalue weighted by atomic mass is 10.0. The third-order valence-electron chi connectivity index (χ3n) is 4.70. The van der Waals surface area contributed by atoms with Crippen LogP contribution in [-0.4, -0.2) is 20.6 Å². The summed E-state index contributed by atoms with van der Waals surface area (Å²) in [5.74, 6) is 0.273. The molecule has 1 aromatic heterocycles. The highest BCUT2D eigenvalue weighted by Crippen LogP contribution is 2.20. The number of non-ortho nitro benzene ring substituents is 1. The SMILES string of the molecule is O=C(C=Cc1ccc([N+](=O)[O-])cc1)Nc1ccnn1Cc1cccc2ccccc12. The van der Waals surface area contributed by atoms with Crippen molar-refractivity contribution in [3.8, 4) is 0 Å². The number of nitro groups is 1. The van der Waals surface area contributed by atoms with Crippen LogP contribution in [0.15, 0.2) is 85.1 Å². The van der Waals surface area contributed by atoms with E-state index in [1.54, 1.807) is 35.2 Å². The van der Waals surface area contributed by atoms with Crippen LogP contribution >= 0.6 is 0 Å². The molecule has 0 aliphatic carbocycles. The number of anilines is 1. The summed E-state index contributed by atoms with van der Waals surface area (Å²) in [6, 6.07) is 22.0. The van der Waals surface area contributed by atoms with E-state index in [0.29, 0.717) is 17.9 Å². The highest BCUT2D eigenvalue weighted by molar-refractivity contribution is 6.01.